The molecular formula is C19H29NO2S. The number of benzene rings is 2. The third-order valence-corrected chi connectivity index (χ3v) is 4.92. The smallest absolute Gasteiger partial charge is 0.126 e. The van der Waals surface area contributed by atoms with E-state index in [1.54, 1.807) is 0 Å². The number of fused-ring (bicyclic) bond motifs is 1. The highest BCUT2D eigenvalue weighted by Crippen LogP contribution is 2.26. The zero-order valence-electron chi connectivity index (χ0n) is 15.1. The highest BCUT2D eigenvalue weighted by Gasteiger charge is 2.35. The van der Waals surface area contributed by atoms with Crippen LogP contribution < -0.4 is 4.72 Å². The molecule has 1 aliphatic heterocycles. The third kappa shape index (κ3) is 4.63. The highest BCUT2D eigenvalue weighted by molar-refractivity contribution is 7.83. The second-order valence-electron chi connectivity index (χ2n) is 5.35. The topological polar surface area (TPSA) is 38.3 Å². The van der Waals surface area contributed by atoms with Crippen LogP contribution in [0, 0.1) is 6.92 Å². The van der Waals surface area contributed by atoms with Gasteiger partial charge in [0.1, 0.15) is 11.0 Å². The van der Waals surface area contributed by atoms with E-state index in [4.69, 9.17) is 4.74 Å². The van der Waals surface area contributed by atoms with Crippen LogP contribution >= 0.6 is 0 Å². The molecule has 0 aliphatic carbocycles. The Hall–Kier alpha value is -1.23. The summed E-state index contributed by atoms with van der Waals surface area (Å²) in [4.78, 5) is 0.842. The lowest BCUT2D eigenvalue weighted by Gasteiger charge is -2.38. The van der Waals surface area contributed by atoms with Crippen molar-refractivity contribution >= 4 is 21.8 Å². The molecule has 0 aromatic heterocycles. The van der Waals surface area contributed by atoms with Crippen LogP contribution in [0.1, 0.15) is 40.2 Å². The van der Waals surface area contributed by atoms with Crippen molar-refractivity contribution in [1.82, 2.24) is 4.72 Å². The summed E-state index contributed by atoms with van der Waals surface area (Å²) in [6.45, 7) is 13.3. The third-order valence-electron chi connectivity index (χ3n) is 3.48. The molecule has 0 bridgehead atoms. The van der Waals surface area contributed by atoms with Crippen molar-refractivity contribution in [1.29, 1.82) is 0 Å². The lowest BCUT2D eigenvalue weighted by Crippen LogP contribution is -2.58. The number of aryl methyl sites for hydroxylation is 1. The van der Waals surface area contributed by atoms with E-state index in [1.807, 2.05) is 65.0 Å². The van der Waals surface area contributed by atoms with Crippen molar-refractivity contribution in [2.45, 2.75) is 52.0 Å². The van der Waals surface area contributed by atoms with Crippen LogP contribution in [0.15, 0.2) is 41.3 Å². The van der Waals surface area contributed by atoms with Gasteiger partial charge >= 0.3 is 0 Å². The van der Waals surface area contributed by atoms with Gasteiger partial charge < -0.3 is 4.74 Å². The Morgan fingerprint density at radius 1 is 1.00 bits per heavy atom. The number of ether oxygens (including phenoxy) is 1. The Labute approximate surface area is 143 Å². The maximum atomic E-state index is 12.5. The number of nitrogens with one attached hydrogen (secondary N) is 1. The Balaban J connectivity index is 0.000000615. The van der Waals surface area contributed by atoms with Crippen molar-refractivity contribution in [3.63, 3.8) is 0 Å². The molecule has 0 spiro atoms. The first-order valence-electron chi connectivity index (χ1n) is 8.35. The Kier molecular flexibility index (Phi) is 7.89. The maximum Gasteiger partial charge on any atom is 0.126 e. The predicted molar refractivity (Wildman–Crippen MR) is 100 cm³/mol. The van der Waals surface area contributed by atoms with Crippen LogP contribution in [-0.2, 0) is 15.7 Å². The molecule has 23 heavy (non-hydrogen) atoms. The first-order chi connectivity index (χ1) is 11.1. The van der Waals surface area contributed by atoms with Crippen molar-refractivity contribution in [2.24, 2.45) is 0 Å². The molecule has 1 aliphatic rings. The molecule has 2 aromatic rings. The normalized spacial score (nSPS) is 16.3. The van der Waals surface area contributed by atoms with Crippen molar-refractivity contribution < 1.29 is 8.95 Å². The first-order valence-corrected chi connectivity index (χ1v) is 9.50. The molecule has 0 amide bonds. The molecule has 1 N–H and O–H groups in total. The van der Waals surface area contributed by atoms with E-state index in [-0.39, 0.29) is 5.54 Å². The van der Waals surface area contributed by atoms with Crippen molar-refractivity contribution in [2.75, 3.05) is 13.2 Å². The average Bonchev–Trinajstić information content (AvgIpc) is 2.57. The molecular weight excluding hydrogens is 306 g/mol. The van der Waals surface area contributed by atoms with E-state index in [2.05, 4.69) is 17.7 Å². The summed E-state index contributed by atoms with van der Waals surface area (Å²) in [6, 6.07) is 12.1. The minimum atomic E-state index is -1.21. The van der Waals surface area contributed by atoms with Gasteiger partial charge in [0.25, 0.3) is 0 Å². The summed E-state index contributed by atoms with van der Waals surface area (Å²) < 4.78 is 20.9. The molecule has 1 fully saturated rings. The number of hydrogen-bond donors (Lipinski definition) is 1. The first kappa shape index (κ1) is 19.8. The molecule has 0 radical (unpaired) electrons. The summed E-state index contributed by atoms with van der Waals surface area (Å²) >= 11 is 0. The molecule has 4 heteroatoms. The second-order valence-corrected chi connectivity index (χ2v) is 6.53. The summed E-state index contributed by atoms with van der Waals surface area (Å²) in [6.07, 6.45) is 0. The van der Waals surface area contributed by atoms with Crippen LogP contribution in [-0.4, -0.2) is 23.0 Å². The molecule has 3 rings (SSSR count). The molecule has 0 saturated carbocycles. The van der Waals surface area contributed by atoms with Gasteiger partial charge in [0.15, 0.2) is 0 Å². The fourth-order valence-corrected chi connectivity index (χ4v) is 3.57. The lowest BCUT2D eigenvalue weighted by molar-refractivity contribution is -0.0516. The zero-order chi connectivity index (χ0) is 17.5. The van der Waals surface area contributed by atoms with E-state index in [1.165, 1.54) is 5.56 Å². The molecule has 2 aromatic carbocycles. The quantitative estimate of drug-likeness (QED) is 0.890. The lowest BCUT2D eigenvalue weighted by atomic mass is 10.0. The Bertz CT molecular complexity index is 651. The Morgan fingerprint density at radius 2 is 1.57 bits per heavy atom. The van der Waals surface area contributed by atoms with Gasteiger partial charge in [0.2, 0.25) is 0 Å². The van der Waals surface area contributed by atoms with Gasteiger partial charge in [-0.3, -0.25) is 0 Å². The van der Waals surface area contributed by atoms with E-state index in [0.29, 0.717) is 13.2 Å². The molecule has 1 unspecified atom stereocenters. The minimum Gasteiger partial charge on any atom is -0.377 e. The van der Waals surface area contributed by atoms with Gasteiger partial charge in [-0.1, -0.05) is 58.0 Å². The van der Waals surface area contributed by atoms with E-state index in [0.717, 1.165) is 15.7 Å². The molecule has 3 nitrogen and oxygen atoms in total. The van der Waals surface area contributed by atoms with Crippen LogP contribution in [0.3, 0.4) is 0 Å². The van der Waals surface area contributed by atoms with Gasteiger partial charge in [0, 0.05) is 0 Å². The highest BCUT2D eigenvalue weighted by atomic mass is 32.2. The summed E-state index contributed by atoms with van der Waals surface area (Å²) in [5, 5.41) is 2.21. The second kappa shape index (κ2) is 9.16. The van der Waals surface area contributed by atoms with Crippen molar-refractivity contribution in [3.05, 3.63) is 42.0 Å². The molecule has 1 heterocycles. The van der Waals surface area contributed by atoms with Gasteiger partial charge in [-0.05, 0) is 36.2 Å². The van der Waals surface area contributed by atoms with E-state index >= 15 is 0 Å². The van der Waals surface area contributed by atoms with Crippen LogP contribution in [0.4, 0.5) is 0 Å². The monoisotopic (exact) mass is 335 g/mol. The average molecular weight is 336 g/mol. The van der Waals surface area contributed by atoms with Crippen LogP contribution in [0.2, 0.25) is 0 Å². The summed E-state index contributed by atoms with van der Waals surface area (Å²) in [7, 11) is -1.21. The predicted octanol–water partition coefficient (Wildman–Crippen LogP) is 4.60. The molecule has 1 atom stereocenters. The maximum absolute atomic E-state index is 12.5. The largest absolute Gasteiger partial charge is 0.377 e. The minimum absolute atomic E-state index is 0.170. The van der Waals surface area contributed by atoms with Gasteiger partial charge in [-0.2, -0.15) is 0 Å². The van der Waals surface area contributed by atoms with Crippen molar-refractivity contribution in [3.8, 4) is 0 Å². The van der Waals surface area contributed by atoms with Gasteiger partial charge in [0.05, 0.1) is 23.6 Å². The van der Waals surface area contributed by atoms with Crippen LogP contribution in [0.25, 0.3) is 10.8 Å². The standard InChI is InChI=1S/C15H17NO2S.2C2H6/c1-11-7-8-14(13-6-4-3-5-12(11)13)19(17)16-15(2)9-18-10-15;2*1-2/h3-8,16H,9-10H2,1-2H3;2*1-2H3. The summed E-state index contributed by atoms with van der Waals surface area (Å²) in [5.74, 6) is 0. The number of rotatable bonds is 3. The van der Waals surface area contributed by atoms with E-state index < -0.39 is 11.0 Å². The van der Waals surface area contributed by atoms with Gasteiger partial charge in [-0.25, -0.2) is 8.93 Å². The molecule has 128 valence electrons. The zero-order valence-corrected chi connectivity index (χ0v) is 15.9. The fourth-order valence-electron chi connectivity index (χ4n) is 2.33. The summed E-state index contributed by atoms with van der Waals surface area (Å²) in [5.41, 5.74) is 1.03. The number of hydrogen-bond acceptors (Lipinski definition) is 2. The fraction of sp³-hybridized carbons (Fsp3) is 0.474. The molecule has 1 saturated heterocycles. The SMILES string of the molecule is CC.CC.Cc1ccc(S(=O)NC2(C)COC2)c2ccccc12. The van der Waals surface area contributed by atoms with E-state index in [9.17, 15) is 4.21 Å². The van der Waals surface area contributed by atoms with Crippen LogP contribution in [0.5, 0.6) is 0 Å². The Morgan fingerprint density at radius 3 is 2.09 bits per heavy atom. The van der Waals surface area contributed by atoms with Gasteiger partial charge in [-0.15, -0.1) is 0 Å².